The van der Waals surface area contributed by atoms with Gasteiger partial charge in [-0.2, -0.15) is 0 Å². The maximum Gasteiger partial charge on any atom is 0.309 e. The Morgan fingerprint density at radius 3 is 1.26 bits per heavy atom. The van der Waals surface area contributed by atoms with E-state index in [0.29, 0.717) is 71.6 Å². The van der Waals surface area contributed by atoms with E-state index < -0.39 is 23.3 Å². The molecule has 0 bridgehead atoms. The van der Waals surface area contributed by atoms with E-state index in [2.05, 4.69) is 74.7 Å². The van der Waals surface area contributed by atoms with Crippen LogP contribution in [0.2, 0.25) is 0 Å². The maximum atomic E-state index is 13.7. The molecule has 0 atom stereocenters. The Kier molecular flexibility index (Phi) is 33.8. The minimum absolute atomic E-state index is 0.0119. The van der Waals surface area contributed by atoms with Crippen molar-refractivity contribution in [1.29, 1.82) is 0 Å². The van der Waals surface area contributed by atoms with E-state index in [0.717, 1.165) is 135 Å². The molecule has 0 aliphatic heterocycles. The van der Waals surface area contributed by atoms with Gasteiger partial charge in [0.1, 0.15) is 18.7 Å². The molecule has 21 heteroatoms. The summed E-state index contributed by atoms with van der Waals surface area (Å²) in [6, 6.07) is 21.2. The Morgan fingerprint density at radius 2 is 0.851 bits per heavy atom. The first-order chi connectivity index (χ1) is 45.5. The second-order valence-electron chi connectivity index (χ2n) is 27.4. The molecule has 5 fully saturated rings. The molecule has 2 aromatic carbocycles. The van der Waals surface area contributed by atoms with E-state index in [9.17, 15) is 33.6 Å². The summed E-state index contributed by atoms with van der Waals surface area (Å²) in [5, 5.41) is 12.0. The molecule has 0 spiro atoms. The lowest BCUT2D eigenvalue weighted by atomic mass is 9.86. The van der Waals surface area contributed by atoms with E-state index in [1.54, 1.807) is 6.08 Å². The molecule has 94 heavy (non-hydrogen) atoms. The van der Waals surface area contributed by atoms with Crippen LogP contribution in [0.3, 0.4) is 0 Å². The summed E-state index contributed by atoms with van der Waals surface area (Å²) in [4.78, 5) is 93.7. The fourth-order valence-electron chi connectivity index (χ4n) is 13.4. The first kappa shape index (κ1) is 75.6. The Morgan fingerprint density at radius 1 is 0.468 bits per heavy atom. The monoisotopic (exact) mass is 1310 g/mol. The topological polar surface area (TPSA) is 248 Å². The summed E-state index contributed by atoms with van der Waals surface area (Å²) < 4.78 is 47.6. The molecule has 0 aromatic heterocycles. The van der Waals surface area contributed by atoms with Crippen LogP contribution >= 0.6 is 0 Å². The highest BCUT2D eigenvalue weighted by atomic mass is 16.6. The van der Waals surface area contributed by atoms with Crippen LogP contribution < -0.4 is 21.3 Å². The quantitative estimate of drug-likeness (QED) is 0.0279. The van der Waals surface area contributed by atoms with Crippen molar-refractivity contribution in [3.8, 4) is 0 Å². The molecule has 5 saturated carbocycles. The highest BCUT2D eigenvalue weighted by Crippen LogP contribution is 2.30. The number of benzene rings is 2. The Hall–Kier alpha value is -5.81. The number of nitrogens with zero attached hydrogens (tertiary/aromatic N) is 2. The molecule has 21 nitrogen and oxygen atoms in total. The molecule has 524 valence electrons. The number of hydrogen-bond acceptors (Lipinski definition) is 16. The molecule has 5 amide bonds. The van der Waals surface area contributed by atoms with E-state index in [1.807, 2.05) is 32.9 Å². The third-order valence-corrected chi connectivity index (χ3v) is 18.6. The normalized spacial score (nSPS) is 24.2. The van der Waals surface area contributed by atoms with Gasteiger partial charge in [0, 0.05) is 76.9 Å². The van der Waals surface area contributed by atoms with E-state index in [1.165, 1.54) is 29.2 Å². The number of hydrogen-bond donors (Lipinski definition) is 4. The zero-order valence-corrected chi connectivity index (χ0v) is 56.9. The predicted octanol–water partition coefficient (Wildman–Crippen LogP) is 8.76. The van der Waals surface area contributed by atoms with Crippen LogP contribution in [0.15, 0.2) is 72.8 Å². The fourth-order valence-corrected chi connectivity index (χ4v) is 13.4. The van der Waals surface area contributed by atoms with E-state index in [4.69, 9.17) is 37.9 Å². The molecule has 0 heterocycles. The van der Waals surface area contributed by atoms with E-state index >= 15 is 0 Å². The van der Waals surface area contributed by atoms with Crippen LogP contribution in [0.4, 0.5) is 0 Å². The highest BCUT2D eigenvalue weighted by molar-refractivity contribution is 5.94. The lowest BCUT2D eigenvalue weighted by Crippen LogP contribution is -2.46. The average Bonchev–Trinajstić information content (AvgIpc) is 2.62. The summed E-state index contributed by atoms with van der Waals surface area (Å²) in [5.74, 6) is -1.79. The standard InChI is InChI=1S/C73H112N6O15/c1-73(2,3)94-72(86)57-23-27-59(28-24-57)77-67(81)19-12-45-89-61-31-37-64(38-32-61)92-48-42-75-69(83)53-79(52-68(82)74-41-47-91-63-35-29-60(30-36-63)88-44-11-18-66(80)76-58-25-21-56(22-26-58)71(85)87-4)70(84)20-13-46-90-62-33-39-65(40-34-62)93-49-43-78(50-54-14-7-5-8-15-54)51-55-16-9-6-10-17-55/h5-10,13-17,20,56-65H,11-12,18-19,21-53H2,1-4H3,(H,74,82)(H,75,83)(H,76,80)(H,77,81)/b20-13+. The first-order valence-corrected chi connectivity index (χ1v) is 35.4. The lowest BCUT2D eigenvalue weighted by Gasteiger charge is -2.30. The van der Waals surface area contributed by atoms with Gasteiger partial charge in [-0.25, -0.2) is 0 Å². The maximum absolute atomic E-state index is 13.7. The van der Waals surface area contributed by atoms with Gasteiger partial charge < -0.3 is 64.1 Å². The van der Waals surface area contributed by atoms with Gasteiger partial charge in [-0.3, -0.25) is 38.5 Å². The van der Waals surface area contributed by atoms with Crippen molar-refractivity contribution in [1.82, 2.24) is 31.1 Å². The smallest absolute Gasteiger partial charge is 0.309 e. The lowest BCUT2D eigenvalue weighted by molar-refractivity contribution is -0.161. The van der Waals surface area contributed by atoms with Crippen LogP contribution in [0.5, 0.6) is 0 Å². The summed E-state index contributed by atoms with van der Waals surface area (Å²) >= 11 is 0. The van der Waals surface area contributed by atoms with E-state index in [-0.39, 0.29) is 117 Å². The molecule has 0 unspecified atom stereocenters. The summed E-state index contributed by atoms with van der Waals surface area (Å²) in [7, 11) is 1.41. The summed E-state index contributed by atoms with van der Waals surface area (Å²) in [6.07, 6.45) is 21.5. The molecule has 5 aliphatic carbocycles. The number of ether oxygens (including phenoxy) is 8. The Labute approximate surface area is 559 Å². The SMILES string of the molecule is COC(=O)C1CCC(NC(=O)CCCOC2CCC(OCCNC(=O)CN(CC(=O)NCCOC3CCC(OCCCC(=O)NC4CCC(C(=O)OC(C)(C)C)CC4)CC3)C(=O)/C=C/COC3CCC(OCCN(Cc4ccccc4)Cc4ccccc4)CC3)CC2)CC1. The van der Waals surface area contributed by atoms with Gasteiger partial charge in [-0.05, 0) is 173 Å². The Bertz CT molecular complexity index is 2530. The zero-order valence-electron chi connectivity index (χ0n) is 56.9. The molecule has 4 N–H and O–H groups in total. The highest BCUT2D eigenvalue weighted by Gasteiger charge is 2.32. The van der Waals surface area contributed by atoms with Crippen molar-refractivity contribution in [2.24, 2.45) is 11.8 Å². The van der Waals surface area contributed by atoms with Crippen molar-refractivity contribution in [2.75, 3.05) is 79.5 Å². The van der Waals surface area contributed by atoms with Crippen LogP contribution in [-0.2, 0) is 84.5 Å². The zero-order chi connectivity index (χ0) is 66.8. The van der Waals surface area contributed by atoms with Gasteiger partial charge in [-0.15, -0.1) is 0 Å². The van der Waals surface area contributed by atoms with Crippen molar-refractivity contribution in [2.45, 2.75) is 242 Å². The first-order valence-electron chi connectivity index (χ1n) is 35.4. The van der Waals surface area contributed by atoms with Gasteiger partial charge in [-0.1, -0.05) is 66.7 Å². The second-order valence-corrected chi connectivity index (χ2v) is 27.4. The molecular formula is C73H112N6O15. The van der Waals surface area contributed by atoms with Gasteiger partial charge in [0.25, 0.3) is 0 Å². The number of carbonyl (C=O) groups excluding carboxylic acids is 7. The number of esters is 2. The van der Waals surface area contributed by atoms with Crippen LogP contribution in [0.1, 0.15) is 186 Å². The van der Waals surface area contributed by atoms with Gasteiger partial charge in [0.15, 0.2) is 0 Å². The van der Waals surface area contributed by atoms with Gasteiger partial charge in [0.2, 0.25) is 29.5 Å². The minimum Gasteiger partial charge on any atom is -0.469 e. The number of carbonyl (C=O) groups is 7. The van der Waals surface area contributed by atoms with Crippen LogP contribution in [0, 0.1) is 11.8 Å². The van der Waals surface area contributed by atoms with Crippen molar-refractivity contribution >= 4 is 41.5 Å². The summed E-state index contributed by atoms with van der Waals surface area (Å²) in [6.45, 7) is 10.4. The fraction of sp³-hybridized carbons (Fsp3) is 0.712. The van der Waals surface area contributed by atoms with Crippen LogP contribution in [-0.4, -0.2) is 185 Å². The third-order valence-electron chi connectivity index (χ3n) is 18.6. The summed E-state index contributed by atoms with van der Waals surface area (Å²) in [5.41, 5.74) is 2.04. The number of methoxy groups -OCH3 is 1. The molecule has 0 radical (unpaired) electrons. The van der Waals surface area contributed by atoms with Crippen LogP contribution in [0.25, 0.3) is 0 Å². The van der Waals surface area contributed by atoms with Crippen molar-refractivity contribution in [3.05, 3.63) is 83.9 Å². The molecule has 7 rings (SSSR count). The van der Waals surface area contributed by atoms with Gasteiger partial charge in [0.05, 0.1) is 82.0 Å². The molecule has 0 saturated heterocycles. The van der Waals surface area contributed by atoms with Crippen molar-refractivity contribution < 1.29 is 71.5 Å². The molecular weight excluding hydrogens is 1200 g/mol. The number of amides is 5. The predicted molar refractivity (Wildman–Crippen MR) is 357 cm³/mol. The Balaban J connectivity index is 0.764. The minimum atomic E-state index is -0.503. The molecule has 5 aliphatic rings. The average molecular weight is 1310 g/mol. The number of nitrogens with one attached hydrogen (secondary N) is 4. The number of rotatable bonds is 38. The van der Waals surface area contributed by atoms with Gasteiger partial charge >= 0.3 is 11.9 Å². The second kappa shape index (κ2) is 42.0. The van der Waals surface area contributed by atoms with Crippen molar-refractivity contribution in [3.63, 3.8) is 0 Å². The largest absolute Gasteiger partial charge is 0.469 e. The molecule has 2 aromatic rings. The third kappa shape index (κ3) is 30.1.